The van der Waals surface area contributed by atoms with Gasteiger partial charge in [-0.2, -0.15) is 0 Å². The molecule has 1 amide bonds. The number of amides is 1. The molecule has 104 valence electrons. The Morgan fingerprint density at radius 3 is 2.84 bits per heavy atom. The Balaban J connectivity index is 1.93. The molecule has 19 heavy (non-hydrogen) atoms. The van der Waals surface area contributed by atoms with Crippen LogP contribution in [0.1, 0.15) is 36.0 Å². The van der Waals surface area contributed by atoms with Crippen LogP contribution in [0.25, 0.3) is 0 Å². The molecule has 1 fully saturated rings. The molecule has 0 radical (unpaired) electrons. The molecule has 2 N–H and O–H groups in total. The van der Waals surface area contributed by atoms with Crippen molar-refractivity contribution in [1.82, 2.24) is 5.32 Å². The molecular weight excluding hydrogens is 360 g/mol. The van der Waals surface area contributed by atoms with E-state index >= 15 is 0 Å². The fourth-order valence-electron chi connectivity index (χ4n) is 2.42. The van der Waals surface area contributed by atoms with Crippen LogP contribution >= 0.6 is 22.6 Å². The maximum absolute atomic E-state index is 13.0. The van der Waals surface area contributed by atoms with Gasteiger partial charge in [-0.3, -0.25) is 4.79 Å². The van der Waals surface area contributed by atoms with Crippen LogP contribution < -0.4 is 5.32 Å². The van der Waals surface area contributed by atoms with E-state index in [1.807, 2.05) is 22.6 Å². The van der Waals surface area contributed by atoms with E-state index in [9.17, 15) is 14.3 Å². The number of nitrogens with one attached hydrogen (secondary N) is 1. The van der Waals surface area contributed by atoms with Gasteiger partial charge in [0.25, 0.3) is 5.91 Å². The summed E-state index contributed by atoms with van der Waals surface area (Å²) < 4.78 is 13.6. The van der Waals surface area contributed by atoms with Crippen molar-refractivity contribution < 1.29 is 14.3 Å². The summed E-state index contributed by atoms with van der Waals surface area (Å²) in [5.41, 5.74) is 0.479. The predicted octanol–water partition coefficient (Wildman–Crippen LogP) is 2.71. The van der Waals surface area contributed by atoms with E-state index in [0.29, 0.717) is 15.7 Å². The van der Waals surface area contributed by atoms with Crippen molar-refractivity contribution in [2.24, 2.45) is 5.92 Å². The van der Waals surface area contributed by atoms with Crippen molar-refractivity contribution in [3.63, 3.8) is 0 Å². The van der Waals surface area contributed by atoms with E-state index in [0.717, 1.165) is 25.7 Å². The second-order valence-corrected chi connectivity index (χ2v) is 6.11. The van der Waals surface area contributed by atoms with Crippen molar-refractivity contribution in [3.8, 4) is 0 Å². The second-order valence-electron chi connectivity index (χ2n) is 4.95. The third kappa shape index (κ3) is 3.89. The highest BCUT2D eigenvalue weighted by Crippen LogP contribution is 2.23. The number of aliphatic hydroxyl groups is 1. The summed E-state index contributed by atoms with van der Waals surface area (Å²) in [5, 5.41) is 12.7. The molecule has 2 unspecified atom stereocenters. The summed E-state index contributed by atoms with van der Waals surface area (Å²) in [6, 6.07) is 4.11. The second kappa shape index (κ2) is 6.65. The lowest BCUT2D eigenvalue weighted by molar-refractivity contribution is 0.0662. The highest BCUT2D eigenvalue weighted by atomic mass is 127. The molecule has 0 spiro atoms. The summed E-state index contributed by atoms with van der Waals surface area (Å²) in [6.45, 7) is 0.480. The van der Waals surface area contributed by atoms with E-state index in [-0.39, 0.29) is 23.7 Å². The number of halogens is 2. The first kappa shape index (κ1) is 14.7. The Bertz CT molecular complexity index is 467. The fraction of sp³-hybridized carbons (Fsp3) is 0.500. The lowest BCUT2D eigenvalue weighted by Gasteiger charge is -2.27. The molecular formula is C14H17FINO2. The van der Waals surface area contributed by atoms with Gasteiger partial charge in [0.15, 0.2) is 0 Å². The Hall–Kier alpha value is -0.690. The molecule has 1 aromatic rings. The maximum atomic E-state index is 13.0. The van der Waals surface area contributed by atoms with Gasteiger partial charge < -0.3 is 10.4 Å². The molecule has 0 bridgehead atoms. The molecule has 2 atom stereocenters. The van der Waals surface area contributed by atoms with Gasteiger partial charge in [-0.1, -0.05) is 12.8 Å². The van der Waals surface area contributed by atoms with Crippen molar-refractivity contribution in [2.75, 3.05) is 6.54 Å². The Labute approximate surface area is 125 Å². The first-order valence-electron chi connectivity index (χ1n) is 6.49. The minimum Gasteiger partial charge on any atom is -0.393 e. The molecule has 1 aromatic carbocycles. The number of aliphatic hydroxyl groups excluding tert-OH is 1. The van der Waals surface area contributed by atoms with Crippen LogP contribution in [0.2, 0.25) is 0 Å². The Morgan fingerprint density at radius 1 is 1.42 bits per heavy atom. The summed E-state index contributed by atoms with van der Waals surface area (Å²) in [6.07, 6.45) is 3.60. The van der Waals surface area contributed by atoms with Gasteiger partial charge in [0, 0.05) is 16.0 Å². The van der Waals surface area contributed by atoms with E-state index in [1.165, 1.54) is 18.2 Å². The largest absolute Gasteiger partial charge is 0.393 e. The number of carbonyl (C=O) groups excluding carboxylic acids is 1. The third-order valence-electron chi connectivity index (χ3n) is 3.57. The zero-order valence-corrected chi connectivity index (χ0v) is 12.7. The maximum Gasteiger partial charge on any atom is 0.252 e. The number of hydrogen-bond donors (Lipinski definition) is 2. The molecule has 2 rings (SSSR count). The SMILES string of the molecule is O=C(NCC1CCCCC1O)c1ccc(F)cc1I. The van der Waals surface area contributed by atoms with E-state index in [1.54, 1.807) is 0 Å². The summed E-state index contributed by atoms with van der Waals surface area (Å²) in [4.78, 5) is 12.0. The number of hydrogen-bond acceptors (Lipinski definition) is 2. The monoisotopic (exact) mass is 377 g/mol. The molecule has 1 aliphatic rings. The van der Waals surface area contributed by atoms with E-state index in [2.05, 4.69) is 5.32 Å². The standard InChI is InChI=1S/C14H17FINO2/c15-10-5-6-11(12(16)7-10)14(19)17-8-9-3-1-2-4-13(9)18/h5-7,9,13,18H,1-4,8H2,(H,17,19). The number of rotatable bonds is 3. The van der Waals surface area contributed by atoms with Crippen molar-refractivity contribution in [1.29, 1.82) is 0 Å². The van der Waals surface area contributed by atoms with Crippen molar-refractivity contribution in [3.05, 3.63) is 33.1 Å². The van der Waals surface area contributed by atoms with Crippen LogP contribution in [0.15, 0.2) is 18.2 Å². The zero-order chi connectivity index (χ0) is 13.8. The molecule has 5 heteroatoms. The van der Waals surface area contributed by atoms with Crippen LogP contribution in [-0.2, 0) is 0 Å². The summed E-state index contributed by atoms with van der Waals surface area (Å²) in [7, 11) is 0. The van der Waals surface area contributed by atoms with Gasteiger partial charge in [0.05, 0.1) is 11.7 Å². The molecule has 1 saturated carbocycles. The van der Waals surface area contributed by atoms with Gasteiger partial charge in [-0.15, -0.1) is 0 Å². The van der Waals surface area contributed by atoms with Crippen molar-refractivity contribution in [2.45, 2.75) is 31.8 Å². The van der Waals surface area contributed by atoms with Crippen LogP contribution in [0.4, 0.5) is 4.39 Å². The quantitative estimate of drug-likeness (QED) is 0.796. The Kier molecular flexibility index (Phi) is 5.15. The third-order valence-corrected chi connectivity index (χ3v) is 4.46. The van der Waals surface area contributed by atoms with Crippen LogP contribution in [0.5, 0.6) is 0 Å². The van der Waals surface area contributed by atoms with Gasteiger partial charge in [-0.25, -0.2) is 4.39 Å². The lowest BCUT2D eigenvalue weighted by atomic mass is 9.86. The van der Waals surface area contributed by atoms with E-state index < -0.39 is 0 Å². The zero-order valence-electron chi connectivity index (χ0n) is 10.5. The molecule has 1 aliphatic carbocycles. The topological polar surface area (TPSA) is 49.3 Å². The molecule has 0 aliphatic heterocycles. The molecule has 0 saturated heterocycles. The highest BCUT2D eigenvalue weighted by molar-refractivity contribution is 14.1. The smallest absolute Gasteiger partial charge is 0.252 e. The van der Waals surface area contributed by atoms with Crippen LogP contribution in [0, 0.1) is 15.3 Å². The van der Waals surface area contributed by atoms with Crippen molar-refractivity contribution >= 4 is 28.5 Å². The van der Waals surface area contributed by atoms with Gasteiger partial charge >= 0.3 is 0 Å². The van der Waals surface area contributed by atoms with Gasteiger partial charge in [0.2, 0.25) is 0 Å². The number of carbonyl (C=O) groups is 1. The van der Waals surface area contributed by atoms with Gasteiger partial charge in [0.1, 0.15) is 5.82 Å². The molecule has 0 aromatic heterocycles. The number of benzene rings is 1. The average molecular weight is 377 g/mol. The summed E-state index contributed by atoms with van der Waals surface area (Å²) >= 11 is 1.95. The highest BCUT2D eigenvalue weighted by Gasteiger charge is 2.23. The fourth-order valence-corrected chi connectivity index (χ4v) is 3.14. The minimum absolute atomic E-state index is 0.135. The first-order valence-corrected chi connectivity index (χ1v) is 7.57. The van der Waals surface area contributed by atoms with Crippen LogP contribution in [-0.4, -0.2) is 23.7 Å². The minimum atomic E-state index is -0.344. The predicted molar refractivity (Wildman–Crippen MR) is 79.4 cm³/mol. The normalized spacial score (nSPS) is 23.1. The summed E-state index contributed by atoms with van der Waals surface area (Å²) in [5.74, 6) is -0.415. The van der Waals surface area contributed by atoms with E-state index in [4.69, 9.17) is 0 Å². The van der Waals surface area contributed by atoms with Gasteiger partial charge in [-0.05, 0) is 53.6 Å². The molecule has 3 nitrogen and oxygen atoms in total. The molecule has 0 heterocycles. The Morgan fingerprint density at radius 2 is 2.16 bits per heavy atom. The average Bonchev–Trinajstić information content (AvgIpc) is 2.37. The lowest BCUT2D eigenvalue weighted by Crippen LogP contribution is -2.36. The van der Waals surface area contributed by atoms with Crippen LogP contribution in [0.3, 0.4) is 0 Å². The first-order chi connectivity index (χ1) is 9.08.